The van der Waals surface area contributed by atoms with Gasteiger partial charge in [-0.15, -0.1) is 0 Å². The van der Waals surface area contributed by atoms with Gasteiger partial charge in [0.1, 0.15) is 5.82 Å². The Morgan fingerprint density at radius 2 is 2.21 bits per heavy atom. The molecule has 1 rings (SSSR count). The number of halogens is 2. The van der Waals surface area contributed by atoms with Crippen molar-refractivity contribution in [3.8, 4) is 0 Å². The maximum atomic E-state index is 13.7. The molecule has 0 heterocycles. The van der Waals surface area contributed by atoms with E-state index in [0.29, 0.717) is 43.2 Å². The van der Waals surface area contributed by atoms with Crippen molar-refractivity contribution >= 4 is 33.1 Å². The number of benzene rings is 1. The minimum Gasteiger partial charge on any atom is -0.393 e. The van der Waals surface area contributed by atoms with Gasteiger partial charge in [-0.05, 0) is 18.2 Å². The highest BCUT2D eigenvalue weighted by Gasteiger charge is 2.10. The van der Waals surface area contributed by atoms with Crippen LogP contribution in [0.3, 0.4) is 0 Å². The molecular weight excluding hydrogens is 331 g/mol. The Kier molecular flexibility index (Phi) is 7.45. The van der Waals surface area contributed by atoms with Gasteiger partial charge in [-0.3, -0.25) is 4.90 Å². The lowest BCUT2D eigenvalue weighted by Gasteiger charge is -2.22. The second-order valence-electron chi connectivity index (χ2n) is 4.22. The van der Waals surface area contributed by atoms with Crippen molar-refractivity contribution in [1.82, 2.24) is 4.90 Å². The van der Waals surface area contributed by atoms with E-state index in [1.54, 1.807) is 19.2 Å². The number of hydrogen-bond acceptors (Lipinski definition) is 3. The molecule has 0 aliphatic rings. The number of thiocarbonyl (C=S) groups is 1. The molecule has 0 radical (unpaired) electrons. The predicted octanol–water partition coefficient (Wildman–Crippen LogP) is 2.71. The summed E-state index contributed by atoms with van der Waals surface area (Å²) >= 11 is 8.23. The van der Waals surface area contributed by atoms with Crippen LogP contribution in [0.5, 0.6) is 0 Å². The van der Waals surface area contributed by atoms with Crippen molar-refractivity contribution in [3.63, 3.8) is 0 Å². The third-order valence-corrected chi connectivity index (χ3v) is 3.39. The molecule has 19 heavy (non-hydrogen) atoms. The molecule has 0 bridgehead atoms. The second-order valence-corrected chi connectivity index (χ2v) is 5.66. The van der Waals surface area contributed by atoms with E-state index < -0.39 is 0 Å². The molecule has 106 valence electrons. The fourth-order valence-electron chi connectivity index (χ4n) is 1.66. The first-order chi connectivity index (χ1) is 9.02. The minimum atomic E-state index is -0.207. The zero-order chi connectivity index (χ0) is 14.3. The Morgan fingerprint density at radius 1 is 1.47 bits per heavy atom. The smallest absolute Gasteiger partial charge is 0.127 e. The zero-order valence-electron chi connectivity index (χ0n) is 10.9. The average Bonchev–Trinajstić information content (AvgIpc) is 2.36. The molecule has 0 fully saturated rings. The van der Waals surface area contributed by atoms with Crippen LogP contribution in [0.2, 0.25) is 0 Å². The molecule has 0 saturated carbocycles. The molecule has 0 unspecified atom stereocenters. The molecule has 0 spiro atoms. The highest BCUT2D eigenvalue weighted by Crippen LogP contribution is 2.17. The molecule has 3 nitrogen and oxygen atoms in total. The van der Waals surface area contributed by atoms with Gasteiger partial charge in [0.25, 0.3) is 0 Å². The van der Waals surface area contributed by atoms with E-state index in [1.165, 1.54) is 6.07 Å². The molecule has 6 heteroatoms. The molecular formula is C13H18BrFN2OS. The molecule has 0 aliphatic heterocycles. The van der Waals surface area contributed by atoms with Gasteiger partial charge in [-0.1, -0.05) is 28.1 Å². The molecule has 1 aromatic carbocycles. The molecule has 0 atom stereocenters. The van der Waals surface area contributed by atoms with Crippen molar-refractivity contribution in [2.24, 2.45) is 5.73 Å². The summed E-state index contributed by atoms with van der Waals surface area (Å²) in [5.74, 6) is -0.207. The zero-order valence-corrected chi connectivity index (χ0v) is 13.3. The summed E-state index contributed by atoms with van der Waals surface area (Å²) < 4.78 is 19.6. The van der Waals surface area contributed by atoms with Gasteiger partial charge in [-0.2, -0.15) is 0 Å². The first kappa shape index (κ1) is 16.5. The summed E-state index contributed by atoms with van der Waals surface area (Å²) in [5.41, 5.74) is 6.16. The minimum absolute atomic E-state index is 0.207. The first-order valence-electron chi connectivity index (χ1n) is 5.96. The summed E-state index contributed by atoms with van der Waals surface area (Å²) in [5, 5.41) is 0. The van der Waals surface area contributed by atoms with Crippen LogP contribution in [-0.2, 0) is 11.3 Å². The molecule has 1 aromatic rings. The number of rotatable bonds is 8. The molecule has 0 saturated heterocycles. The van der Waals surface area contributed by atoms with Crippen molar-refractivity contribution in [3.05, 3.63) is 34.1 Å². The van der Waals surface area contributed by atoms with Gasteiger partial charge in [0.15, 0.2) is 0 Å². The van der Waals surface area contributed by atoms with Crippen LogP contribution >= 0.6 is 28.1 Å². The van der Waals surface area contributed by atoms with Crippen LogP contribution in [0.4, 0.5) is 4.39 Å². The van der Waals surface area contributed by atoms with E-state index in [2.05, 4.69) is 20.8 Å². The number of nitrogens with two attached hydrogens (primary N) is 1. The van der Waals surface area contributed by atoms with Crippen molar-refractivity contribution < 1.29 is 9.13 Å². The van der Waals surface area contributed by atoms with Crippen LogP contribution in [0, 0.1) is 5.82 Å². The maximum Gasteiger partial charge on any atom is 0.127 e. The molecule has 2 N–H and O–H groups in total. The van der Waals surface area contributed by atoms with Crippen molar-refractivity contribution in [1.29, 1.82) is 0 Å². The largest absolute Gasteiger partial charge is 0.393 e. The summed E-state index contributed by atoms with van der Waals surface area (Å²) in [7, 11) is 1.64. The SMILES string of the molecule is COCCN(CCC(N)=S)Cc1cc(Br)ccc1F. The van der Waals surface area contributed by atoms with Gasteiger partial charge in [-0.25, -0.2) is 4.39 Å². The summed E-state index contributed by atoms with van der Waals surface area (Å²) in [6.45, 7) is 2.51. The van der Waals surface area contributed by atoms with Crippen molar-refractivity contribution in [2.75, 3.05) is 26.8 Å². The monoisotopic (exact) mass is 348 g/mol. The molecule has 0 amide bonds. The van der Waals surface area contributed by atoms with Crippen LogP contribution in [0.1, 0.15) is 12.0 Å². The van der Waals surface area contributed by atoms with E-state index in [0.717, 1.165) is 4.47 Å². The number of nitrogens with zero attached hydrogens (tertiary/aromatic N) is 1. The highest BCUT2D eigenvalue weighted by atomic mass is 79.9. The van der Waals surface area contributed by atoms with E-state index in [1.807, 2.05) is 0 Å². The highest BCUT2D eigenvalue weighted by molar-refractivity contribution is 9.10. The second kappa shape index (κ2) is 8.58. The van der Waals surface area contributed by atoms with Gasteiger partial charge in [0.05, 0.1) is 11.6 Å². The Hall–Kier alpha value is -0.560. The summed E-state index contributed by atoms with van der Waals surface area (Å²) in [4.78, 5) is 2.55. The average molecular weight is 349 g/mol. The number of ether oxygens (including phenoxy) is 1. The van der Waals surface area contributed by atoms with Crippen LogP contribution in [0.15, 0.2) is 22.7 Å². The number of methoxy groups -OCH3 is 1. The lowest BCUT2D eigenvalue weighted by molar-refractivity contribution is 0.145. The third kappa shape index (κ3) is 6.42. The van der Waals surface area contributed by atoms with Gasteiger partial charge in [0, 0.05) is 43.2 Å². The normalized spacial score (nSPS) is 10.9. The Balaban J connectivity index is 2.68. The van der Waals surface area contributed by atoms with Crippen LogP contribution < -0.4 is 5.73 Å². The van der Waals surface area contributed by atoms with Crippen molar-refractivity contribution in [2.45, 2.75) is 13.0 Å². The van der Waals surface area contributed by atoms with Gasteiger partial charge in [0.2, 0.25) is 0 Å². The summed E-state index contributed by atoms with van der Waals surface area (Å²) in [6.07, 6.45) is 0.620. The van der Waals surface area contributed by atoms with Crippen LogP contribution in [0.25, 0.3) is 0 Å². The number of hydrogen-bond donors (Lipinski definition) is 1. The fourth-order valence-corrected chi connectivity index (χ4v) is 2.16. The van der Waals surface area contributed by atoms with E-state index >= 15 is 0 Å². The lowest BCUT2D eigenvalue weighted by Crippen LogP contribution is -2.30. The fraction of sp³-hybridized carbons (Fsp3) is 0.462. The van der Waals surface area contributed by atoms with E-state index in [4.69, 9.17) is 22.7 Å². The van der Waals surface area contributed by atoms with Gasteiger partial charge >= 0.3 is 0 Å². The standard InChI is InChI=1S/C13H18BrFN2OS/c1-18-7-6-17(5-4-13(16)19)9-10-8-11(14)2-3-12(10)15/h2-3,8H,4-7,9H2,1H3,(H2,16,19). The topological polar surface area (TPSA) is 38.5 Å². The lowest BCUT2D eigenvalue weighted by atomic mass is 10.2. The maximum absolute atomic E-state index is 13.7. The summed E-state index contributed by atoms with van der Waals surface area (Å²) in [6, 6.07) is 4.94. The van der Waals surface area contributed by atoms with Gasteiger partial charge < -0.3 is 10.5 Å². The third-order valence-electron chi connectivity index (χ3n) is 2.69. The predicted molar refractivity (Wildman–Crippen MR) is 82.7 cm³/mol. The quantitative estimate of drug-likeness (QED) is 0.733. The first-order valence-corrected chi connectivity index (χ1v) is 7.16. The molecule has 0 aliphatic carbocycles. The Bertz CT molecular complexity index is 431. The Labute approximate surface area is 127 Å². The van der Waals surface area contributed by atoms with E-state index in [9.17, 15) is 4.39 Å². The van der Waals surface area contributed by atoms with Crippen LogP contribution in [-0.4, -0.2) is 36.7 Å². The Morgan fingerprint density at radius 3 is 2.84 bits per heavy atom. The molecule has 0 aromatic heterocycles. The van der Waals surface area contributed by atoms with E-state index in [-0.39, 0.29) is 5.82 Å².